The van der Waals surface area contributed by atoms with E-state index in [1.165, 1.54) is 13.0 Å². The van der Waals surface area contributed by atoms with Crippen LogP contribution < -0.4 is 11.4 Å². The topological polar surface area (TPSA) is 137 Å². The molecule has 0 radical (unpaired) electrons. The van der Waals surface area contributed by atoms with Crippen molar-refractivity contribution in [3.63, 3.8) is 0 Å². The first-order valence-corrected chi connectivity index (χ1v) is 7.29. The van der Waals surface area contributed by atoms with Gasteiger partial charge < -0.3 is 25.4 Å². The van der Waals surface area contributed by atoms with Gasteiger partial charge in [0.25, 0.3) is 5.85 Å². The molecule has 9 nitrogen and oxygen atoms in total. The van der Waals surface area contributed by atoms with Gasteiger partial charge in [0.05, 0.1) is 5.92 Å². The van der Waals surface area contributed by atoms with E-state index < -0.39 is 48.0 Å². The number of aliphatic hydroxyl groups excluding tert-OH is 2. The number of ether oxygens (including phenoxy) is 2. The Balaban J connectivity index is 2.31. The van der Waals surface area contributed by atoms with Gasteiger partial charge in [0.15, 0.2) is 12.3 Å². The Morgan fingerprint density at radius 1 is 1.54 bits per heavy atom. The molecule has 1 aliphatic heterocycles. The highest BCUT2D eigenvalue weighted by Gasteiger charge is 2.63. The van der Waals surface area contributed by atoms with Gasteiger partial charge in [-0.3, -0.25) is 9.36 Å². The molecule has 2 rings (SSSR count). The maximum absolute atomic E-state index is 14.9. The van der Waals surface area contributed by atoms with Crippen LogP contribution in [0.25, 0.3) is 0 Å². The minimum Gasteiger partial charge on any atom is -0.459 e. The molecule has 0 unspecified atom stereocenters. The average molecular weight is 345 g/mol. The second-order valence-electron chi connectivity index (χ2n) is 6.10. The fraction of sp³-hybridized carbons (Fsp3) is 0.643. The summed E-state index contributed by atoms with van der Waals surface area (Å²) in [6.45, 7) is 3.37. The zero-order valence-electron chi connectivity index (χ0n) is 13.5. The number of rotatable bonds is 4. The van der Waals surface area contributed by atoms with Crippen molar-refractivity contribution in [2.45, 2.75) is 44.6 Å². The zero-order chi connectivity index (χ0) is 18.3. The molecule has 4 atom stereocenters. The van der Waals surface area contributed by atoms with Crippen molar-refractivity contribution < 1.29 is 28.9 Å². The van der Waals surface area contributed by atoms with Crippen LogP contribution in [0, 0.1) is 5.92 Å². The van der Waals surface area contributed by atoms with Crippen molar-refractivity contribution in [3.8, 4) is 0 Å². The van der Waals surface area contributed by atoms with Gasteiger partial charge in [-0.25, -0.2) is 9.18 Å². The highest BCUT2D eigenvalue weighted by Crippen LogP contribution is 2.42. The highest BCUT2D eigenvalue weighted by molar-refractivity contribution is 5.71. The Kier molecular flexibility index (Phi) is 4.66. The normalized spacial score (nSPS) is 33.0. The van der Waals surface area contributed by atoms with Gasteiger partial charge in [-0.2, -0.15) is 4.98 Å². The number of hydrogen-bond donors (Lipinski definition) is 3. The smallest absolute Gasteiger partial charge is 0.351 e. The molecule has 0 bridgehead atoms. The molecule has 24 heavy (non-hydrogen) atoms. The van der Waals surface area contributed by atoms with E-state index in [0.29, 0.717) is 0 Å². The first-order chi connectivity index (χ1) is 11.0. The van der Waals surface area contributed by atoms with E-state index in [-0.39, 0.29) is 5.82 Å². The van der Waals surface area contributed by atoms with E-state index in [1.54, 1.807) is 13.8 Å². The molecule has 1 aromatic rings. The molecule has 0 saturated carbocycles. The summed E-state index contributed by atoms with van der Waals surface area (Å²) in [5.41, 5.74) is 2.53. The van der Waals surface area contributed by atoms with Crippen LogP contribution in [0.3, 0.4) is 0 Å². The number of alkyl halides is 1. The molecule has 4 N–H and O–H groups in total. The monoisotopic (exact) mass is 345 g/mol. The maximum Gasteiger partial charge on any atom is 0.351 e. The second-order valence-corrected chi connectivity index (χ2v) is 6.10. The van der Waals surface area contributed by atoms with Crippen molar-refractivity contribution in [2.75, 3.05) is 12.3 Å². The quantitative estimate of drug-likeness (QED) is 0.598. The summed E-state index contributed by atoms with van der Waals surface area (Å²) in [6, 6.07) is 1.26. The molecule has 1 fully saturated rings. The van der Waals surface area contributed by atoms with E-state index in [1.807, 2.05) is 0 Å². The first-order valence-electron chi connectivity index (χ1n) is 7.29. The van der Waals surface area contributed by atoms with Crippen LogP contribution in [0.4, 0.5) is 10.2 Å². The molecular formula is C14H20FN3O6. The molecule has 0 aromatic carbocycles. The maximum atomic E-state index is 14.9. The zero-order valence-corrected chi connectivity index (χ0v) is 13.5. The number of esters is 1. The minimum absolute atomic E-state index is 0.0646. The Bertz CT molecular complexity index is 695. The highest BCUT2D eigenvalue weighted by atomic mass is 19.2. The summed E-state index contributed by atoms with van der Waals surface area (Å²) < 4.78 is 25.6. The van der Waals surface area contributed by atoms with Crippen molar-refractivity contribution in [2.24, 2.45) is 5.92 Å². The van der Waals surface area contributed by atoms with Crippen LogP contribution >= 0.6 is 0 Å². The predicted octanol–water partition coefficient (Wildman–Crippen LogP) is -0.885. The van der Waals surface area contributed by atoms with Gasteiger partial charge in [-0.1, -0.05) is 13.8 Å². The fourth-order valence-corrected chi connectivity index (χ4v) is 2.39. The van der Waals surface area contributed by atoms with Crippen LogP contribution in [0.15, 0.2) is 17.1 Å². The lowest BCUT2D eigenvalue weighted by molar-refractivity contribution is -0.245. The Morgan fingerprint density at radius 3 is 2.71 bits per heavy atom. The molecule has 0 spiro atoms. The predicted molar refractivity (Wildman–Crippen MR) is 79.3 cm³/mol. The van der Waals surface area contributed by atoms with Crippen LogP contribution in [0.2, 0.25) is 0 Å². The molecule has 1 aromatic heterocycles. The van der Waals surface area contributed by atoms with Gasteiger partial charge in [0.2, 0.25) is 0 Å². The second kappa shape index (κ2) is 6.11. The minimum atomic E-state index is -2.89. The number of nitrogens with two attached hydrogens (primary N) is 1. The molecule has 0 aliphatic carbocycles. The fourth-order valence-electron chi connectivity index (χ4n) is 2.39. The van der Waals surface area contributed by atoms with Crippen LogP contribution in [0.5, 0.6) is 0 Å². The third-order valence-corrected chi connectivity index (χ3v) is 3.85. The molecule has 1 saturated heterocycles. The number of halogens is 1. The van der Waals surface area contributed by atoms with Gasteiger partial charge >= 0.3 is 11.7 Å². The van der Waals surface area contributed by atoms with E-state index in [4.69, 9.17) is 15.2 Å². The number of carbonyl (C=O) groups is 1. The standard InChI is InChI=1S/C14H20FN3O6/c1-7(2)11(21)23-6-14(15)10(20)9(19)13(3,24-14)18-5-4-8(16)17-12(18)22/h4-5,7,9-10,19-20H,6H2,1-3H3,(H2,16,17,22)/t9-,10+,13-,14-/m1/s1. The average Bonchev–Trinajstić information content (AvgIpc) is 2.66. The van der Waals surface area contributed by atoms with Crippen LogP contribution in [-0.4, -0.2) is 50.4 Å². The van der Waals surface area contributed by atoms with Crippen molar-refractivity contribution in [3.05, 3.63) is 22.7 Å². The number of hydrogen-bond acceptors (Lipinski definition) is 8. The number of aliphatic hydroxyl groups is 2. The SMILES string of the molecule is CC(C)C(=O)OC[C@@]1(F)O[C@@](C)(n2ccc(N)nc2=O)[C@H](O)[C@@H]1O. The Labute approximate surface area is 136 Å². The molecule has 10 heteroatoms. The van der Waals surface area contributed by atoms with Gasteiger partial charge in [-0.05, 0) is 13.0 Å². The van der Waals surface area contributed by atoms with Gasteiger partial charge in [-0.15, -0.1) is 0 Å². The third kappa shape index (κ3) is 2.99. The number of carbonyl (C=O) groups excluding carboxylic acids is 1. The summed E-state index contributed by atoms with van der Waals surface area (Å²) >= 11 is 0. The van der Waals surface area contributed by atoms with Crippen LogP contribution in [0.1, 0.15) is 20.8 Å². The lowest BCUT2D eigenvalue weighted by Crippen LogP contribution is -2.48. The molecule has 134 valence electrons. The van der Waals surface area contributed by atoms with E-state index in [0.717, 1.165) is 10.8 Å². The number of nitrogens with zero attached hydrogens (tertiary/aromatic N) is 2. The van der Waals surface area contributed by atoms with E-state index in [9.17, 15) is 24.2 Å². The Hall–Kier alpha value is -2.04. The molecular weight excluding hydrogens is 325 g/mol. The summed E-state index contributed by atoms with van der Waals surface area (Å²) in [7, 11) is 0. The summed E-state index contributed by atoms with van der Waals surface area (Å²) in [5.74, 6) is -4.16. The van der Waals surface area contributed by atoms with Crippen molar-refractivity contribution >= 4 is 11.8 Å². The van der Waals surface area contributed by atoms with Gasteiger partial charge in [0, 0.05) is 6.20 Å². The van der Waals surface area contributed by atoms with Crippen LogP contribution in [-0.2, 0) is 20.0 Å². The largest absolute Gasteiger partial charge is 0.459 e. The summed E-state index contributed by atoms with van der Waals surface area (Å²) in [6.07, 6.45) is -2.71. The Morgan fingerprint density at radius 2 is 2.17 bits per heavy atom. The molecule has 0 amide bonds. The molecule has 2 heterocycles. The summed E-state index contributed by atoms with van der Waals surface area (Å²) in [5, 5.41) is 20.2. The van der Waals surface area contributed by atoms with E-state index in [2.05, 4.69) is 4.98 Å². The molecule has 1 aliphatic rings. The first kappa shape index (κ1) is 18.3. The lowest BCUT2D eigenvalue weighted by Gasteiger charge is -2.30. The van der Waals surface area contributed by atoms with Crippen molar-refractivity contribution in [1.29, 1.82) is 0 Å². The summed E-state index contributed by atoms with van der Waals surface area (Å²) in [4.78, 5) is 26.9. The lowest BCUT2D eigenvalue weighted by atomic mass is 10.0. The van der Waals surface area contributed by atoms with Gasteiger partial charge in [0.1, 0.15) is 18.0 Å². The van der Waals surface area contributed by atoms with E-state index >= 15 is 0 Å². The number of nitrogen functional groups attached to an aromatic ring is 1. The van der Waals surface area contributed by atoms with Crippen molar-refractivity contribution in [1.82, 2.24) is 9.55 Å². The third-order valence-electron chi connectivity index (χ3n) is 3.85. The number of aromatic nitrogens is 2. The number of anilines is 1.